The van der Waals surface area contributed by atoms with Crippen molar-refractivity contribution in [2.45, 2.75) is 12.3 Å². The first-order valence-electron chi connectivity index (χ1n) is 6.60. The van der Waals surface area contributed by atoms with Crippen molar-refractivity contribution in [2.75, 3.05) is 0 Å². The standard InChI is InChI=1S/C16H12ClNO3/c17-12-5-1-10(2-6-12)14-9-15(14)16(19)11-3-7-13(8-4-11)18(20)21/h1-8,14-15H,9H2. The number of halogens is 1. The zero-order chi connectivity index (χ0) is 15.0. The van der Waals surface area contributed by atoms with Gasteiger partial charge < -0.3 is 0 Å². The Morgan fingerprint density at radius 2 is 1.71 bits per heavy atom. The van der Waals surface area contributed by atoms with Gasteiger partial charge in [-0.05, 0) is 42.2 Å². The molecule has 0 aliphatic heterocycles. The lowest BCUT2D eigenvalue weighted by Crippen LogP contribution is -2.03. The minimum absolute atomic E-state index is 0.00315. The monoisotopic (exact) mass is 301 g/mol. The van der Waals surface area contributed by atoms with Crippen molar-refractivity contribution in [1.29, 1.82) is 0 Å². The van der Waals surface area contributed by atoms with Crippen molar-refractivity contribution in [3.05, 3.63) is 74.8 Å². The highest BCUT2D eigenvalue weighted by Gasteiger charge is 2.43. The molecule has 0 N–H and O–H groups in total. The number of rotatable bonds is 4. The van der Waals surface area contributed by atoms with Gasteiger partial charge in [-0.3, -0.25) is 14.9 Å². The number of hydrogen-bond acceptors (Lipinski definition) is 3. The number of carbonyl (C=O) groups is 1. The van der Waals surface area contributed by atoms with E-state index >= 15 is 0 Å². The lowest BCUT2D eigenvalue weighted by Gasteiger charge is -2.02. The topological polar surface area (TPSA) is 60.2 Å². The number of nitrogens with zero attached hydrogens (tertiary/aromatic N) is 1. The van der Waals surface area contributed by atoms with Crippen LogP contribution in [0.15, 0.2) is 48.5 Å². The van der Waals surface area contributed by atoms with Gasteiger partial charge in [-0.1, -0.05) is 23.7 Å². The highest BCUT2D eigenvalue weighted by molar-refractivity contribution is 6.30. The Bertz CT molecular complexity index is 694. The Hall–Kier alpha value is -2.20. The molecule has 1 fully saturated rings. The molecule has 5 heteroatoms. The van der Waals surface area contributed by atoms with Crippen LogP contribution in [-0.2, 0) is 0 Å². The van der Waals surface area contributed by atoms with Gasteiger partial charge in [0.15, 0.2) is 5.78 Å². The minimum Gasteiger partial charge on any atom is -0.294 e. The normalized spacial score (nSPS) is 20.0. The summed E-state index contributed by atoms with van der Waals surface area (Å²) in [6, 6.07) is 13.3. The van der Waals surface area contributed by atoms with Crippen LogP contribution in [-0.4, -0.2) is 10.7 Å². The lowest BCUT2D eigenvalue weighted by molar-refractivity contribution is -0.384. The molecule has 1 aliphatic rings. The van der Waals surface area contributed by atoms with E-state index in [9.17, 15) is 14.9 Å². The van der Waals surface area contributed by atoms with Gasteiger partial charge >= 0.3 is 0 Å². The molecular formula is C16H12ClNO3. The number of carbonyl (C=O) groups excluding carboxylic acids is 1. The molecule has 0 amide bonds. The summed E-state index contributed by atoms with van der Waals surface area (Å²) < 4.78 is 0. The number of Topliss-reactive ketones (excluding diaryl/α,β-unsaturated/α-hetero) is 1. The Morgan fingerprint density at radius 3 is 2.29 bits per heavy atom. The number of ketones is 1. The molecule has 1 aliphatic carbocycles. The smallest absolute Gasteiger partial charge is 0.269 e. The Balaban J connectivity index is 1.72. The second kappa shape index (κ2) is 5.30. The summed E-state index contributed by atoms with van der Waals surface area (Å²) in [7, 11) is 0. The van der Waals surface area contributed by atoms with E-state index in [4.69, 9.17) is 11.6 Å². The minimum atomic E-state index is -0.470. The molecule has 3 rings (SSSR count). The van der Waals surface area contributed by atoms with Crippen LogP contribution in [0.2, 0.25) is 5.02 Å². The first-order chi connectivity index (χ1) is 10.1. The van der Waals surface area contributed by atoms with Crippen molar-refractivity contribution < 1.29 is 9.72 Å². The summed E-state index contributed by atoms with van der Waals surface area (Å²) in [5.74, 6) is 0.238. The van der Waals surface area contributed by atoms with E-state index in [2.05, 4.69) is 0 Å². The molecule has 2 aromatic rings. The van der Waals surface area contributed by atoms with Gasteiger partial charge in [0, 0.05) is 28.6 Å². The number of hydrogen-bond donors (Lipinski definition) is 0. The lowest BCUT2D eigenvalue weighted by atomic mass is 10.0. The third-order valence-electron chi connectivity index (χ3n) is 3.79. The molecule has 0 spiro atoms. The second-order valence-electron chi connectivity index (χ2n) is 5.17. The average Bonchev–Trinajstić information content (AvgIpc) is 3.28. The Morgan fingerprint density at radius 1 is 1.10 bits per heavy atom. The van der Waals surface area contributed by atoms with Crippen LogP contribution in [0.5, 0.6) is 0 Å². The summed E-state index contributed by atoms with van der Waals surface area (Å²) in [5.41, 5.74) is 1.64. The van der Waals surface area contributed by atoms with Crippen molar-refractivity contribution >= 4 is 23.1 Å². The van der Waals surface area contributed by atoms with Gasteiger partial charge in [0.25, 0.3) is 5.69 Å². The highest BCUT2D eigenvalue weighted by Crippen LogP contribution is 2.49. The summed E-state index contributed by atoms with van der Waals surface area (Å²) in [6.45, 7) is 0. The molecule has 2 aromatic carbocycles. The van der Waals surface area contributed by atoms with Gasteiger partial charge in [-0.25, -0.2) is 0 Å². The molecule has 21 heavy (non-hydrogen) atoms. The van der Waals surface area contributed by atoms with E-state index in [1.807, 2.05) is 24.3 Å². The van der Waals surface area contributed by atoms with Gasteiger partial charge in [0.2, 0.25) is 0 Å². The van der Waals surface area contributed by atoms with Crippen LogP contribution in [0.3, 0.4) is 0 Å². The Labute approximate surface area is 126 Å². The van der Waals surface area contributed by atoms with Gasteiger partial charge in [0.05, 0.1) is 4.92 Å². The maximum absolute atomic E-state index is 12.3. The number of non-ortho nitro benzene ring substituents is 1. The number of nitro benzene ring substituents is 1. The molecule has 2 unspecified atom stereocenters. The summed E-state index contributed by atoms with van der Waals surface area (Å²) >= 11 is 5.85. The van der Waals surface area contributed by atoms with Crippen LogP contribution in [0, 0.1) is 16.0 Å². The van der Waals surface area contributed by atoms with E-state index in [1.54, 1.807) is 0 Å². The van der Waals surface area contributed by atoms with Crippen LogP contribution < -0.4 is 0 Å². The third-order valence-corrected chi connectivity index (χ3v) is 4.04. The first kappa shape index (κ1) is 13.8. The molecule has 0 bridgehead atoms. The maximum Gasteiger partial charge on any atom is 0.269 e. The van der Waals surface area contributed by atoms with Crippen molar-refractivity contribution in [2.24, 2.45) is 5.92 Å². The number of nitro groups is 1. The van der Waals surface area contributed by atoms with Crippen LogP contribution in [0.4, 0.5) is 5.69 Å². The fourth-order valence-corrected chi connectivity index (χ4v) is 2.65. The van der Waals surface area contributed by atoms with Crippen LogP contribution >= 0.6 is 11.6 Å². The van der Waals surface area contributed by atoms with Crippen LogP contribution in [0.25, 0.3) is 0 Å². The van der Waals surface area contributed by atoms with E-state index in [0.29, 0.717) is 10.6 Å². The zero-order valence-corrected chi connectivity index (χ0v) is 11.8. The van der Waals surface area contributed by atoms with E-state index in [0.717, 1.165) is 12.0 Å². The molecule has 1 saturated carbocycles. The quantitative estimate of drug-likeness (QED) is 0.482. The largest absolute Gasteiger partial charge is 0.294 e. The van der Waals surface area contributed by atoms with Crippen molar-refractivity contribution in [3.63, 3.8) is 0 Å². The van der Waals surface area contributed by atoms with Gasteiger partial charge in [0.1, 0.15) is 0 Å². The van der Waals surface area contributed by atoms with Crippen molar-refractivity contribution in [3.8, 4) is 0 Å². The molecule has 0 aromatic heterocycles. The van der Waals surface area contributed by atoms with E-state index in [-0.39, 0.29) is 23.3 Å². The second-order valence-corrected chi connectivity index (χ2v) is 5.60. The maximum atomic E-state index is 12.3. The number of benzene rings is 2. The van der Waals surface area contributed by atoms with Gasteiger partial charge in [-0.2, -0.15) is 0 Å². The predicted molar refractivity (Wildman–Crippen MR) is 79.7 cm³/mol. The highest BCUT2D eigenvalue weighted by atomic mass is 35.5. The molecule has 0 radical (unpaired) electrons. The van der Waals surface area contributed by atoms with E-state index in [1.165, 1.54) is 24.3 Å². The molecular weight excluding hydrogens is 290 g/mol. The Kier molecular flexibility index (Phi) is 3.47. The molecule has 4 nitrogen and oxygen atoms in total. The summed E-state index contributed by atoms with van der Waals surface area (Å²) in [4.78, 5) is 22.5. The fourth-order valence-electron chi connectivity index (χ4n) is 2.52. The molecule has 2 atom stereocenters. The molecule has 0 heterocycles. The van der Waals surface area contributed by atoms with Crippen LogP contribution in [0.1, 0.15) is 28.3 Å². The summed E-state index contributed by atoms with van der Waals surface area (Å²) in [6.07, 6.45) is 0.817. The predicted octanol–water partition coefficient (Wildman–Crippen LogP) is 4.23. The van der Waals surface area contributed by atoms with Crippen molar-refractivity contribution in [1.82, 2.24) is 0 Å². The first-order valence-corrected chi connectivity index (χ1v) is 6.98. The fraction of sp³-hybridized carbons (Fsp3) is 0.188. The third kappa shape index (κ3) is 2.81. The molecule has 106 valence electrons. The average molecular weight is 302 g/mol. The SMILES string of the molecule is O=C(c1ccc([N+](=O)[O-])cc1)C1CC1c1ccc(Cl)cc1. The molecule has 0 saturated heterocycles. The summed E-state index contributed by atoms with van der Waals surface area (Å²) in [5, 5.41) is 11.3. The van der Waals surface area contributed by atoms with E-state index < -0.39 is 4.92 Å². The zero-order valence-electron chi connectivity index (χ0n) is 11.0. The van der Waals surface area contributed by atoms with Gasteiger partial charge in [-0.15, -0.1) is 0 Å².